The molecule has 0 unspecified atom stereocenters. The maximum Gasteiger partial charge on any atom is 0.358 e. The number of benzene rings is 1. The van der Waals surface area contributed by atoms with Gasteiger partial charge in [0.25, 0.3) is 0 Å². The van der Waals surface area contributed by atoms with Gasteiger partial charge >= 0.3 is 11.9 Å². The molecule has 0 bridgehead atoms. The topological polar surface area (TPSA) is 88.6 Å². The van der Waals surface area contributed by atoms with E-state index in [1.807, 2.05) is 25.1 Å². The second kappa shape index (κ2) is 8.33. The average molecular weight is 319 g/mol. The monoisotopic (exact) mass is 319 g/mol. The van der Waals surface area contributed by atoms with Gasteiger partial charge in [-0.05, 0) is 12.5 Å². The van der Waals surface area contributed by atoms with Crippen LogP contribution in [0.4, 0.5) is 0 Å². The van der Waals surface area contributed by atoms with Gasteiger partial charge in [0.1, 0.15) is 5.69 Å². The van der Waals surface area contributed by atoms with Crippen LogP contribution in [0.3, 0.4) is 0 Å². The zero-order valence-electron chi connectivity index (χ0n) is 13.1. The number of esters is 2. The second-order valence-corrected chi connectivity index (χ2v) is 5.21. The van der Waals surface area contributed by atoms with Crippen molar-refractivity contribution in [1.82, 2.24) is 4.98 Å². The van der Waals surface area contributed by atoms with Gasteiger partial charge in [0.05, 0.1) is 6.61 Å². The smallest absolute Gasteiger partial charge is 0.358 e. The van der Waals surface area contributed by atoms with Gasteiger partial charge < -0.3 is 19.6 Å². The van der Waals surface area contributed by atoms with Gasteiger partial charge in [0, 0.05) is 22.9 Å². The molecule has 2 aromatic rings. The molecule has 0 amide bonds. The summed E-state index contributed by atoms with van der Waals surface area (Å²) in [6.45, 7) is 1.33. The van der Waals surface area contributed by atoms with Gasteiger partial charge in [0.15, 0.2) is 0 Å². The zero-order valence-corrected chi connectivity index (χ0v) is 13.1. The number of fused-ring (bicyclic) bond motifs is 1. The molecule has 6 heteroatoms. The Balaban J connectivity index is 1.92. The van der Waals surface area contributed by atoms with Gasteiger partial charge in [-0.15, -0.1) is 0 Å². The summed E-state index contributed by atoms with van der Waals surface area (Å²) in [7, 11) is 0. The van der Waals surface area contributed by atoms with E-state index in [0.717, 1.165) is 30.2 Å². The highest BCUT2D eigenvalue weighted by Gasteiger charge is 2.18. The lowest BCUT2D eigenvalue weighted by atomic mass is 10.1. The Labute approximate surface area is 134 Å². The number of aromatic nitrogens is 1. The number of aliphatic hydroxyl groups is 1. The molecule has 0 radical (unpaired) electrons. The molecule has 0 aliphatic rings. The van der Waals surface area contributed by atoms with Crippen molar-refractivity contribution in [3.63, 3.8) is 0 Å². The number of H-pyrrole nitrogens is 1. The third-order valence-corrected chi connectivity index (χ3v) is 3.57. The molecule has 0 aliphatic heterocycles. The van der Waals surface area contributed by atoms with E-state index < -0.39 is 12.8 Å². The number of aromatic amines is 1. The minimum absolute atomic E-state index is 0.177. The number of hydrogen-bond acceptors (Lipinski definition) is 5. The maximum absolute atomic E-state index is 12.1. The summed E-state index contributed by atoms with van der Waals surface area (Å²) in [6.07, 6.45) is 3.07. The minimum atomic E-state index is -0.661. The molecule has 0 saturated carbocycles. The Morgan fingerprint density at radius 2 is 1.96 bits per heavy atom. The van der Waals surface area contributed by atoms with E-state index in [9.17, 15) is 14.7 Å². The Morgan fingerprint density at radius 1 is 1.17 bits per heavy atom. The van der Waals surface area contributed by atoms with Crippen molar-refractivity contribution in [2.45, 2.75) is 39.2 Å². The summed E-state index contributed by atoms with van der Waals surface area (Å²) in [5.41, 5.74) is 1.38. The minimum Gasteiger partial charge on any atom is -0.428 e. The molecule has 0 atom stereocenters. The van der Waals surface area contributed by atoms with Crippen LogP contribution in [0.2, 0.25) is 0 Å². The molecule has 1 heterocycles. The first kappa shape index (κ1) is 17.0. The van der Waals surface area contributed by atoms with Crippen LogP contribution >= 0.6 is 0 Å². The second-order valence-electron chi connectivity index (χ2n) is 5.21. The van der Waals surface area contributed by atoms with E-state index in [0.29, 0.717) is 12.0 Å². The van der Waals surface area contributed by atoms with Crippen LogP contribution in [0.15, 0.2) is 24.3 Å². The van der Waals surface area contributed by atoms with Crippen LogP contribution in [-0.4, -0.2) is 28.8 Å². The van der Waals surface area contributed by atoms with Crippen LogP contribution in [-0.2, 0) is 20.9 Å². The van der Waals surface area contributed by atoms with E-state index in [2.05, 4.69) is 4.98 Å². The first-order valence-corrected chi connectivity index (χ1v) is 7.70. The van der Waals surface area contributed by atoms with Crippen molar-refractivity contribution >= 4 is 22.8 Å². The summed E-state index contributed by atoms with van der Waals surface area (Å²) in [5, 5.41) is 10.2. The lowest BCUT2D eigenvalue weighted by Crippen LogP contribution is -2.14. The average Bonchev–Trinajstić information content (AvgIpc) is 2.93. The number of aliphatic hydroxyl groups excluding tert-OH is 1. The number of para-hydroxylation sites is 1. The Kier molecular flexibility index (Phi) is 6.17. The van der Waals surface area contributed by atoms with Gasteiger partial charge in [-0.25, -0.2) is 4.79 Å². The van der Waals surface area contributed by atoms with Crippen LogP contribution in [0.1, 0.15) is 48.7 Å². The third-order valence-electron chi connectivity index (χ3n) is 3.57. The number of hydrogen-bond donors (Lipinski definition) is 2. The largest absolute Gasteiger partial charge is 0.428 e. The molecule has 2 rings (SSSR count). The summed E-state index contributed by atoms with van der Waals surface area (Å²) in [4.78, 5) is 26.4. The highest BCUT2D eigenvalue weighted by Crippen LogP contribution is 2.23. The molecule has 0 aliphatic carbocycles. The maximum atomic E-state index is 12.1. The molecule has 1 aromatic heterocycles. The summed E-state index contributed by atoms with van der Waals surface area (Å²) in [6, 6.07) is 7.26. The molecule has 124 valence electrons. The van der Waals surface area contributed by atoms with Crippen LogP contribution in [0.5, 0.6) is 0 Å². The Morgan fingerprint density at radius 3 is 2.70 bits per heavy atom. The molecular formula is C17H21NO5. The standard InChI is InChI=1S/C17H21NO5/c1-2-3-4-9-15(20)22-11-23-17(21)16-13(10-19)12-7-5-6-8-14(12)18-16/h5-8,18-19H,2-4,9-11H2,1H3. The van der Waals surface area contributed by atoms with Crippen molar-refractivity contribution in [3.05, 3.63) is 35.5 Å². The fourth-order valence-corrected chi connectivity index (χ4v) is 2.35. The van der Waals surface area contributed by atoms with Gasteiger partial charge in [-0.3, -0.25) is 4.79 Å². The van der Waals surface area contributed by atoms with E-state index in [-0.39, 0.29) is 18.3 Å². The van der Waals surface area contributed by atoms with E-state index in [1.54, 1.807) is 6.07 Å². The fourth-order valence-electron chi connectivity index (χ4n) is 2.35. The predicted molar refractivity (Wildman–Crippen MR) is 84.7 cm³/mol. The quantitative estimate of drug-likeness (QED) is 0.444. The zero-order chi connectivity index (χ0) is 16.7. The number of nitrogens with one attached hydrogen (secondary N) is 1. The molecule has 2 N–H and O–H groups in total. The first-order chi connectivity index (χ1) is 11.2. The summed E-state index contributed by atoms with van der Waals surface area (Å²) < 4.78 is 9.82. The lowest BCUT2D eigenvalue weighted by molar-refractivity contribution is -0.152. The highest BCUT2D eigenvalue weighted by atomic mass is 16.7. The van der Waals surface area contributed by atoms with Crippen molar-refractivity contribution in [2.75, 3.05) is 6.79 Å². The number of carbonyl (C=O) groups excluding carboxylic acids is 2. The van der Waals surface area contributed by atoms with Gasteiger partial charge in [-0.1, -0.05) is 38.0 Å². The summed E-state index contributed by atoms with van der Waals surface area (Å²) >= 11 is 0. The number of carbonyl (C=O) groups is 2. The lowest BCUT2D eigenvalue weighted by Gasteiger charge is -2.06. The molecule has 0 fully saturated rings. The van der Waals surface area contributed by atoms with Crippen molar-refractivity contribution in [2.24, 2.45) is 0 Å². The van der Waals surface area contributed by atoms with Gasteiger partial charge in [0.2, 0.25) is 6.79 Å². The first-order valence-electron chi connectivity index (χ1n) is 7.70. The predicted octanol–water partition coefficient (Wildman–Crippen LogP) is 2.90. The summed E-state index contributed by atoms with van der Waals surface area (Å²) in [5.74, 6) is -1.04. The molecule has 23 heavy (non-hydrogen) atoms. The van der Waals surface area contributed by atoms with Crippen LogP contribution in [0.25, 0.3) is 10.9 Å². The van der Waals surface area contributed by atoms with E-state index in [1.165, 1.54) is 0 Å². The normalized spacial score (nSPS) is 10.7. The van der Waals surface area contributed by atoms with Crippen molar-refractivity contribution in [1.29, 1.82) is 0 Å². The Hall–Kier alpha value is -2.34. The van der Waals surface area contributed by atoms with E-state index >= 15 is 0 Å². The number of ether oxygens (including phenoxy) is 2. The molecule has 1 aromatic carbocycles. The fraction of sp³-hybridized carbons (Fsp3) is 0.412. The molecule has 6 nitrogen and oxygen atoms in total. The van der Waals surface area contributed by atoms with E-state index in [4.69, 9.17) is 9.47 Å². The molecule has 0 spiro atoms. The van der Waals surface area contributed by atoms with Gasteiger partial charge in [-0.2, -0.15) is 0 Å². The molecule has 0 saturated heterocycles. The SMILES string of the molecule is CCCCCC(=O)OCOC(=O)c1[nH]c2ccccc2c1CO. The third kappa shape index (κ3) is 4.32. The van der Waals surface area contributed by atoms with Crippen molar-refractivity contribution in [3.8, 4) is 0 Å². The van der Waals surface area contributed by atoms with Crippen LogP contribution < -0.4 is 0 Å². The van der Waals surface area contributed by atoms with Crippen LogP contribution in [0, 0.1) is 0 Å². The highest BCUT2D eigenvalue weighted by molar-refractivity contribution is 5.98. The molecular weight excluding hydrogens is 298 g/mol. The number of unbranched alkanes of at least 4 members (excludes halogenated alkanes) is 2. The number of rotatable bonds is 8. The Bertz CT molecular complexity index is 677. The van der Waals surface area contributed by atoms with Crippen molar-refractivity contribution < 1.29 is 24.2 Å².